The van der Waals surface area contributed by atoms with Gasteiger partial charge in [-0.1, -0.05) is 19.9 Å². The molecule has 1 aromatic carbocycles. The predicted octanol–water partition coefficient (Wildman–Crippen LogP) is 2.50. The molecule has 0 saturated carbocycles. The minimum Gasteiger partial charge on any atom is -0.508 e. The van der Waals surface area contributed by atoms with Gasteiger partial charge >= 0.3 is 0 Å². The Labute approximate surface area is 143 Å². The molecule has 0 radical (unpaired) electrons. The number of aromatic hydroxyl groups is 1. The van der Waals surface area contributed by atoms with Gasteiger partial charge in [0.25, 0.3) is 5.91 Å². The zero-order valence-electron chi connectivity index (χ0n) is 14.5. The van der Waals surface area contributed by atoms with Crippen LogP contribution in [0.15, 0.2) is 18.2 Å². The van der Waals surface area contributed by atoms with Crippen LogP contribution in [0.4, 0.5) is 0 Å². The van der Waals surface area contributed by atoms with E-state index in [0.29, 0.717) is 19.7 Å². The van der Waals surface area contributed by atoms with Crippen molar-refractivity contribution in [1.29, 1.82) is 0 Å². The van der Waals surface area contributed by atoms with Gasteiger partial charge in [-0.3, -0.25) is 4.79 Å². The third-order valence-electron chi connectivity index (χ3n) is 4.85. The van der Waals surface area contributed by atoms with E-state index in [4.69, 9.17) is 9.47 Å². The molecule has 1 saturated heterocycles. The second-order valence-corrected chi connectivity index (χ2v) is 7.10. The van der Waals surface area contributed by atoms with Crippen LogP contribution in [0.1, 0.15) is 37.8 Å². The molecule has 2 atom stereocenters. The zero-order valence-corrected chi connectivity index (χ0v) is 14.5. The van der Waals surface area contributed by atoms with Gasteiger partial charge in [0.2, 0.25) is 0 Å². The Morgan fingerprint density at radius 1 is 1.42 bits per heavy atom. The molecule has 2 aliphatic rings. The molecule has 24 heavy (non-hydrogen) atoms. The van der Waals surface area contributed by atoms with Gasteiger partial charge in [-0.15, -0.1) is 0 Å². The number of carbonyl (C=O) groups excluding carboxylic acids is 1. The first-order valence-corrected chi connectivity index (χ1v) is 8.87. The van der Waals surface area contributed by atoms with Gasteiger partial charge in [0.05, 0.1) is 12.7 Å². The molecule has 0 bridgehead atoms. The lowest BCUT2D eigenvalue weighted by Gasteiger charge is -2.33. The lowest BCUT2D eigenvalue weighted by Crippen LogP contribution is -2.45. The van der Waals surface area contributed by atoms with Crippen LogP contribution in [0, 0.1) is 5.92 Å². The Bertz CT molecular complexity index is 581. The Morgan fingerprint density at radius 2 is 2.25 bits per heavy atom. The predicted molar refractivity (Wildman–Crippen MR) is 90.8 cm³/mol. The molecular formula is C19H27NO4. The van der Waals surface area contributed by atoms with Crippen LogP contribution < -0.4 is 0 Å². The lowest BCUT2D eigenvalue weighted by atomic mass is 9.98. The molecule has 0 aliphatic carbocycles. The minimum atomic E-state index is -0.437. The highest BCUT2D eigenvalue weighted by Gasteiger charge is 2.31. The summed E-state index contributed by atoms with van der Waals surface area (Å²) in [7, 11) is 0. The molecular weight excluding hydrogens is 306 g/mol. The Balaban J connectivity index is 1.64. The number of amides is 1. The summed E-state index contributed by atoms with van der Waals surface area (Å²) in [5, 5.41) is 9.67. The van der Waals surface area contributed by atoms with Crippen molar-refractivity contribution in [2.45, 2.75) is 51.9 Å². The highest BCUT2D eigenvalue weighted by Crippen LogP contribution is 2.25. The normalized spacial score (nSPS) is 21.8. The first-order valence-electron chi connectivity index (χ1n) is 8.87. The smallest absolute Gasteiger partial charge is 0.252 e. The molecule has 132 valence electrons. The third-order valence-corrected chi connectivity index (χ3v) is 4.85. The zero-order chi connectivity index (χ0) is 17.1. The van der Waals surface area contributed by atoms with Gasteiger partial charge in [-0.25, -0.2) is 0 Å². The van der Waals surface area contributed by atoms with Crippen LogP contribution in [0.3, 0.4) is 0 Å². The summed E-state index contributed by atoms with van der Waals surface area (Å²) in [6.07, 6.45) is 2.58. The van der Waals surface area contributed by atoms with Crippen LogP contribution >= 0.6 is 0 Å². The Morgan fingerprint density at radius 3 is 2.96 bits per heavy atom. The molecule has 1 N–H and O–H groups in total. The molecule has 5 heteroatoms. The number of hydrogen-bond donors (Lipinski definition) is 1. The van der Waals surface area contributed by atoms with Gasteiger partial charge in [0.1, 0.15) is 11.9 Å². The van der Waals surface area contributed by atoms with E-state index < -0.39 is 6.10 Å². The minimum absolute atomic E-state index is 0.0389. The summed E-state index contributed by atoms with van der Waals surface area (Å²) >= 11 is 0. The van der Waals surface area contributed by atoms with Crippen molar-refractivity contribution in [3.63, 3.8) is 0 Å². The van der Waals surface area contributed by atoms with Gasteiger partial charge < -0.3 is 19.5 Å². The highest BCUT2D eigenvalue weighted by molar-refractivity contribution is 5.81. The van der Waals surface area contributed by atoms with Crippen molar-refractivity contribution in [2.24, 2.45) is 5.92 Å². The van der Waals surface area contributed by atoms with Crippen molar-refractivity contribution >= 4 is 5.91 Å². The van der Waals surface area contributed by atoms with Crippen LogP contribution in [0.2, 0.25) is 0 Å². The molecule has 0 unspecified atom stereocenters. The van der Waals surface area contributed by atoms with E-state index in [1.807, 2.05) is 24.8 Å². The Kier molecular flexibility index (Phi) is 5.41. The second kappa shape index (κ2) is 7.53. The van der Waals surface area contributed by atoms with E-state index in [-0.39, 0.29) is 23.7 Å². The number of ether oxygens (including phenoxy) is 2. The van der Waals surface area contributed by atoms with Gasteiger partial charge in [0.15, 0.2) is 0 Å². The van der Waals surface area contributed by atoms with Gasteiger partial charge in [-0.2, -0.15) is 0 Å². The maximum Gasteiger partial charge on any atom is 0.252 e. The summed E-state index contributed by atoms with van der Waals surface area (Å²) in [5.41, 5.74) is 2.23. The van der Waals surface area contributed by atoms with Crippen molar-refractivity contribution in [3.8, 4) is 5.75 Å². The van der Waals surface area contributed by atoms with Crippen molar-refractivity contribution in [2.75, 3.05) is 19.8 Å². The highest BCUT2D eigenvalue weighted by atomic mass is 16.5. The molecule has 0 aromatic heterocycles. The molecule has 1 amide bonds. The maximum absolute atomic E-state index is 12.9. The van der Waals surface area contributed by atoms with E-state index in [0.717, 1.165) is 31.4 Å². The molecule has 2 aliphatic heterocycles. The molecule has 3 rings (SSSR count). The van der Waals surface area contributed by atoms with Gasteiger partial charge in [0, 0.05) is 19.7 Å². The molecule has 1 fully saturated rings. The fraction of sp³-hybridized carbons (Fsp3) is 0.632. The van der Waals surface area contributed by atoms with E-state index in [2.05, 4.69) is 0 Å². The van der Waals surface area contributed by atoms with Gasteiger partial charge in [-0.05, 0) is 48.4 Å². The molecule has 0 spiro atoms. The summed E-state index contributed by atoms with van der Waals surface area (Å²) in [4.78, 5) is 14.8. The van der Waals surface area contributed by atoms with E-state index in [9.17, 15) is 9.90 Å². The summed E-state index contributed by atoms with van der Waals surface area (Å²) in [5.74, 6) is 0.402. The second-order valence-electron chi connectivity index (χ2n) is 7.10. The van der Waals surface area contributed by atoms with Crippen LogP contribution in [-0.2, 0) is 27.2 Å². The van der Waals surface area contributed by atoms with Crippen molar-refractivity contribution < 1.29 is 19.4 Å². The number of nitrogens with zero attached hydrogens (tertiary/aromatic N) is 1. The first kappa shape index (κ1) is 17.2. The van der Waals surface area contributed by atoms with Crippen LogP contribution in [0.25, 0.3) is 0 Å². The number of rotatable bonds is 5. The monoisotopic (exact) mass is 333 g/mol. The largest absolute Gasteiger partial charge is 0.508 e. The van der Waals surface area contributed by atoms with Crippen LogP contribution in [0.5, 0.6) is 5.75 Å². The fourth-order valence-corrected chi connectivity index (χ4v) is 3.45. The van der Waals surface area contributed by atoms with Crippen molar-refractivity contribution in [3.05, 3.63) is 29.3 Å². The molecule has 5 nitrogen and oxygen atoms in total. The standard InChI is InChI=1S/C19H27NO4/c1-13(2)18(24-12-17-4-3-9-23-17)19(22)20-8-7-14-5-6-16(21)10-15(14)11-20/h5-6,10,13,17-18,21H,3-4,7-9,11-12H2,1-2H3/t17-,18+/m1/s1. The summed E-state index contributed by atoms with van der Waals surface area (Å²) < 4.78 is 11.5. The first-order chi connectivity index (χ1) is 11.5. The number of fused-ring (bicyclic) bond motifs is 1. The quantitative estimate of drug-likeness (QED) is 0.899. The number of phenolic OH excluding ortho intramolecular Hbond substituents is 1. The number of phenols is 1. The average Bonchev–Trinajstić information content (AvgIpc) is 3.07. The van der Waals surface area contributed by atoms with Crippen LogP contribution in [-0.4, -0.2) is 47.9 Å². The summed E-state index contributed by atoms with van der Waals surface area (Å²) in [6, 6.07) is 5.41. The average molecular weight is 333 g/mol. The fourth-order valence-electron chi connectivity index (χ4n) is 3.45. The van der Waals surface area contributed by atoms with Crippen molar-refractivity contribution in [1.82, 2.24) is 4.90 Å². The SMILES string of the molecule is CC(C)[C@H](OC[C@H]1CCCO1)C(=O)N1CCc2ccc(O)cc2C1. The van der Waals surface area contributed by atoms with E-state index in [1.165, 1.54) is 5.56 Å². The number of carbonyl (C=O) groups is 1. The van der Waals surface area contributed by atoms with E-state index in [1.54, 1.807) is 12.1 Å². The van der Waals surface area contributed by atoms with E-state index >= 15 is 0 Å². The third kappa shape index (κ3) is 3.90. The number of hydrogen-bond acceptors (Lipinski definition) is 4. The molecule has 2 heterocycles. The topological polar surface area (TPSA) is 59.0 Å². The Hall–Kier alpha value is -1.59. The maximum atomic E-state index is 12.9. The number of benzene rings is 1. The summed E-state index contributed by atoms with van der Waals surface area (Å²) in [6.45, 7) is 6.54. The lowest BCUT2D eigenvalue weighted by molar-refractivity contribution is -0.150. The molecule has 1 aromatic rings.